The number of hydrogen-bond donors (Lipinski definition) is 1. The fourth-order valence-corrected chi connectivity index (χ4v) is 2.88. The number of hydrogen-bond acceptors (Lipinski definition) is 4. The van der Waals surface area contributed by atoms with E-state index in [0.29, 0.717) is 12.5 Å². The number of nitrogens with zero attached hydrogens (tertiary/aromatic N) is 1. The summed E-state index contributed by atoms with van der Waals surface area (Å²) < 4.78 is 10.7. The Bertz CT molecular complexity index is 448. The van der Waals surface area contributed by atoms with Gasteiger partial charge in [0.1, 0.15) is 0 Å². The lowest BCUT2D eigenvalue weighted by atomic mass is 9.98. The van der Waals surface area contributed by atoms with Gasteiger partial charge in [-0.05, 0) is 55.5 Å². The summed E-state index contributed by atoms with van der Waals surface area (Å²) in [5, 5.41) is 9.32. The van der Waals surface area contributed by atoms with Crippen molar-refractivity contribution in [3.63, 3.8) is 0 Å². The van der Waals surface area contributed by atoms with Crippen LogP contribution in [-0.2, 0) is 6.54 Å². The van der Waals surface area contributed by atoms with Crippen LogP contribution in [0.15, 0.2) is 12.1 Å². The highest BCUT2D eigenvalue weighted by Crippen LogP contribution is 2.31. The quantitative estimate of drug-likeness (QED) is 0.897. The average molecular weight is 279 g/mol. The maximum atomic E-state index is 9.32. The second kappa shape index (κ2) is 6.95. The summed E-state index contributed by atoms with van der Waals surface area (Å²) in [4.78, 5) is 2.42. The van der Waals surface area contributed by atoms with Gasteiger partial charge in [-0.15, -0.1) is 0 Å². The van der Waals surface area contributed by atoms with Crippen molar-refractivity contribution < 1.29 is 14.6 Å². The largest absolute Gasteiger partial charge is 0.493 e. The van der Waals surface area contributed by atoms with Crippen molar-refractivity contribution in [3.05, 3.63) is 23.3 Å². The van der Waals surface area contributed by atoms with Crippen LogP contribution in [0.1, 0.15) is 24.0 Å². The first-order valence-corrected chi connectivity index (χ1v) is 7.22. The van der Waals surface area contributed by atoms with E-state index in [1.54, 1.807) is 14.2 Å². The van der Waals surface area contributed by atoms with E-state index in [-0.39, 0.29) is 0 Å². The second-order valence-corrected chi connectivity index (χ2v) is 5.56. The Kier molecular flexibility index (Phi) is 5.26. The van der Waals surface area contributed by atoms with Crippen molar-refractivity contribution in [2.75, 3.05) is 33.9 Å². The van der Waals surface area contributed by atoms with Crippen LogP contribution >= 0.6 is 0 Å². The number of aliphatic hydroxyl groups is 1. The Morgan fingerprint density at radius 2 is 1.95 bits per heavy atom. The van der Waals surface area contributed by atoms with Gasteiger partial charge in [0.05, 0.1) is 14.2 Å². The molecule has 1 saturated heterocycles. The molecule has 1 aromatic carbocycles. The smallest absolute Gasteiger partial charge is 0.161 e. The zero-order valence-electron chi connectivity index (χ0n) is 12.7. The van der Waals surface area contributed by atoms with E-state index in [0.717, 1.165) is 44.0 Å². The van der Waals surface area contributed by atoms with Crippen LogP contribution in [0.3, 0.4) is 0 Å². The third-order valence-electron chi connectivity index (χ3n) is 4.10. The molecule has 1 atom stereocenters. The minimum atomic E-state index is 0.293. The van der Waals surface area contributed by atoms with Gasteiger partial charge in [-0.3, -0.25) is 4.90 Å². The van der Waals surface area contributed by atoms with E-state index in [9.17, 15) is 5.11 Å². The van der Waals surface area contributed by atoms with Gasteiger partial charge in [-0.25, -0.2) is 0 Å². The van der Waals surface area contributed by atoms with E-state index in [1.807, 2.05) is 6.07 Å². The summed E-state index contributed by atoms with van der Waals surface area (Å²) in [5.41, 5.74) is 2.48. The van der Waals surface area contributed by atoms with Crippen LogP contribution < -0.4 is 9.47 Å². The molecule has 4 nitrogen and oxygen atoms in total. The molecular weight excluding hydrogens is 254 g/mol. The molecule has 0 aromatic heterocycles. The summed E-state index contributed by atoms with van der Waals surface area (Å²) in [6.45, 7) is 5.38. The first-order valence-electron chi connectivity index (χ1n) is 7.22. The van der Waals surface area contributed by atoms with Gasteiger partial charge in [-0.1, -0.05) is 0 Å². The van der Waals surface area contributed by atoms with Crippen LogP contribution in [0.25, 0.3) is 0 Å². The number of methoxy groups -OCH3 is 2. The molecule has 1 aromatic rings. The molecule has 1 heterocycles. The summed E-state index contributed by atoms with van der Waals surface area (Å²) in [6, 6.07) is 4.10. The molecule has 0 saturated carbocycles. The maximum Gasteiger partial charge on any atom is 0.161 e. The predicted molar refractivity (Wildman–Crippen MR) is 79.4 cm³/mol. The number of likely N-dealkylation sites (tertiary alicyclic amines) is 1. The molecule has 0 radical (unpaired) electrons. The van der Waals surface area contributed by atoms with Crippen molar-refractivity contribution >= 4 is 0 Å². The Balaban J connectivity index is 2.12. The van der Waals surface area contributed by atoms with Crippen LogP contribution in [0, 0.1) is 12.8 Å². The van der Waals surface area contributed by atoms with Crippen LogP contribution in [-0.4, -0.2) is 43.9 Å². The lowest BCUT2D eigenvalue weighted by Gasteiger charge is -2.32. The van der Waals surface area contributed by atoms with Crippen molar-refractivity contribution in [2.24, 2.45) is 5.92 Å². The van der Waals surface area contributed by atoms with Gasteiger partial charge in [0.15, 0.2) is 11.5 Å². The van der Waals surface area contributed by atoms with Crippen molar-refractivity contribution in [1.29, 1.82) is 0 Å². The van der Waals surface area contributed by atoms with Crippen LogP contribution in [0.5, 0.6) is 11.5 Å². The highest BCUT2D eigenvalue weighted by molar-refractivity contribution is 5.47. The zero-order valence-corrected chi connectivity index (χ0v) is 12.7. The van der Waals surface area contributed by atoms with Crippen LogP contribution in [0.2, 0.25) is 0 Å². The molecule has 112 valence electrons. The third-order valence-corrected chi connectivity index (χ3v) is 4.10. The number of ether oxygens (including phenoxy) is 2. The standard InChI is InChI=1S/C16H25NO3/c1-12-7-15(19-2)16(20-3)8-14(12)10-17-6-4-5-13(9-17)11-18/h7-8,13,18H,4-6,9-11H2,1-3H3. The van der Waals surface area contributed by atoms with Crippen LogP contribution in [0.4, 0.5) is 0 Å². The summed E-state index contributed by atoms with van der Waals surface area (Å²) >= 11 is 0. The molecule has 1 fully saturated rings. The van der Waals surface area contributed by atoms with Gasteiger partial charge in [0.2, 0.25) is 0 Å². The van der Waals surface area contributed by atoms with E-state index in [1.165, 1.54) is 11.1 Å². The van der Waals surface area contributed by atoms with Gasteiger partial charge >= 0.3 is 0 Å². The SMILES string of the molecule is COc1cc(C)c(CN2CCCC(CO)C2)cc1OC. The molecule has 1 aliphatic heterocycles. The van der Waals surface area contributed by atoms with Crippen molar-refractivity contribution in [1.82, 2.24) is 4.90 Å². The molecule has 0 aliphatic carbocycles. The maximum absolute atomic E-state index is 9.32. The normalized spacial score (nSPS) is 19.9. The first-order chi connectivity index (χ1) is 9.67. The molecule has 4 heteroatoms. The number of piperidine rings is 1. The topological polar surface area (TPSA) is 41.9 Å². The Labute approximate surface area is 121 Å². The fraction of sp³-hybridized carbons (Fsp3) is 0.625. The lowest BCUT2D eigenvalue weighted by Crippen LogP contribution is -2.36. The molecule has 1 unspecified atom stereocenters. The fourth-order valence-electron chi connectivity index (χ4n) is 2.88. The average Bonchev–Trinajstić information content (AvgIpc) is 2.49. The molecule has 0 spiro atoms. The highest BCUT2D eigenvalue weighted by atomic mass is 16.5. The minimum Gasteiger partial charge on any atom is -0.493 e. The van der Waals surface area contributed by atoms with Gasteiger partial charge in [0, 0.05) is 19.7 Å². The zero-order chi connectivity index (χ0) is 14.5. The summed E-state index contributed by atoms with van der Waals surface area (Å²) in [7, 11) is 3.33. The van der Waals surface area contributed by atoms with Crippen molar-refractivity contribution in [2.45, 2.75) is 26.3 Å². The molecule has 2 rings (SSSR count). The monoisotopic (exact) mass is 279 g/mol. The molecule has 0 amide bonds. The van der Waals surface area contributed by atoms with E-state index >= 15 is 0 Å². The molecular formula is C16H25NO3. The predicted octanol–water partition coefficient (Wildman–Crippen LogP) is 2.22. The summed E-state index contributed by atoms with van der Waals surface area (Å²) in [5.74, 6) is 1.98. The minimum absolute atomic E-state index is 0.293. The molecule has 0 bridgehead atoms. The Hall–Kier alpha value is -1.26. The van der Waals surface area contributed by atoms with E-state index in [2.05, 4.69) is 17.9 Å². The molecule has 1 aliphatic rings. The van der Waals surface area contributed by atoms with Gasteiger partial charge in [0.25, 0.3) is 0 Å². The lowest BCUT2D eigenvalue weighted by molar-refractivity contribution is 0.115. The molecule has 20 heavy (non-hydrogen) atoms. The highest BCUT2D eigenvalue weighted by Gasteiger charge is 2.20. The number of rotatable bonds is 5. The number of aliphatic hydroxyl groups excluding tert-OH is 1. The third kappa shape index (κ3) is 3.44. The van der Waals surface area contributed by atoms with Gasteiger partial charge < -0.3 is 14.6 Å². The first kappa shape index (κ1) is 15.1. The van der Waals surface area contributed by atoms with E-state index in [4.69, 9.17) is 9.47 Å². The van der Waals surface area contributed by atoms with Crippen molar-refractivity contribution in [3.8, 4) is 11.5 Å². The molecule has 1 N–H and O–H groups in total. The second-order valence-electron chi connectivity index (χ2n) is 5.56. The number of benzene rings is 1. The number of aryl methyl sites for hydroxylation is 1. The Morgan fingerprint density at radius 1 is 1.25 bits per heavy atom. The van der Waals surface area contributed by atoms with E-state index < -0.39 is 0 Å². The Morgan fingerprint density at radius 3 is 2.60 bits per heavy atom. The summed E-state index contributed by atoms with van der Waals surface area (Å²) in [6.07, 6.45) is 2.30. The van der Waals surface area contributed by atoms with Gasteiger partial charge in [-0.2, -0.15) is 0 Å².